The number of hydrogen-bond acceptors (Lipinski definition) is 5. The molecule has 0 spiro atoms. The van der Waals surface area contributed by atoms with E-state index in [1.165, 1.54) is 6.07 Å². The van der Waals surface area contributed by atoms with Crippen LogP contribution < -0.4 is 10.9 Å². The highest BCUT2D eigenvalue weighted by Crippen LogP contribution is 2.14. The van der Waals surface area contributed by atoms with Crippen LogP contribution in [0.2, 0.25) is 0 Å². The molecule has 0 saturated heterocycles. The van der Waals surface area contributed by atoms with Crippen molar-refractivity contribution in [2.24, 2.45) is 0 Å². The second-order valence-electron chi connectivity index (χ2n) is 4.91. The molecule has 2 rings (SSSR count). The fourth-order valence-electron chi connectivity index (χ4n) is 1.88. The van der Waals surface area contributed by atoms with Gasteiger partial charge in [0, 0.05) is 10.0 Å². The van der Waals surface area contributed by atoms with Crippen LogP contribution in [-0.4, -0.2) is 24.4 Å². The van der Waals surface area contributed by atoms with E-state index in [1.54, 1.807) is 38.1 Å². The number of hydrazine groups is 1. The highest BCUT2D eigenvalue weighted by molar-refractivity contribution is 9.10. The van der Waals surface area contributed by atoms with Crippen LogP contribution in [0.15, 0.2) is 39.2 Å². The largest absolute Gasteiger partial charge is 0.466 e. The predicted octanol–water partition coefficient (Wildman–Crippen LogP) is 2.28. The number of carbonyl (C=O) groups is 3. The summed E-state index contributed by atoms with van der Waals surface area (Å²) in [5.41, 5.74) is 5.04. The van der Waals surface area contributed by atoms with E-state index in [2.05, 4.69) is 26.8 Å². The average molecular weight is 395 g/mol. The Morgan fingerprint density at radius 1 is 1.12 bits per heavy atom. The monoisotopic (exact) mass is 394 g/mol. The number of benzene rings is 1. The zero-order valence-corrected chi connectivity index (χ0v) is 14.6. The van der Waals surface area contributed by atoms with E-state index in [0.717, 1.165) is 4.47 Å². The van der Waals surface area contributed by atoms with Gasteiger partial charge in [0.25, 0.3) is 11.8 Å². The molecule has 1 aromatic heterocycles. The van der Waals surface area contributed by atoms with E-state index in [4.69, 9.17) is 9.15 Å². The number of hydrogen-bond donors (Lipinski definition) is 2. The fraction of sp³-hybridized carbons (Fsp3) is 0.188. The molecule has 2 N–H and O–H groups in total. The summed E-state index contributed by atoms with van der Waals surface area (Å²) in [5, 5.41) is 0. The molecule has 0 saturated carbocycles. The Bertz CT molecular complexity index is 767. The van der Waals surface area contributed by atoms with Crippen molar-refractivity contribution >= 4 is 33.7 Å². The normalized spacial score (nSPS) is 10.1. The molecule has 1 aromatic carbocycles. The summed E-state index contributed by atoms with van der Waals surface area (Å²) in [5.74, 6) is -0.819. The standard InChI is InChI=1S/C16H15BrN2O5/c1-9-7-13(10(2)24-9)16(22)23-8-14(20)18-19-15(21)11-3-5-12(17)6-4-11/h3-7H,8H2,1-2H3,(H,18,20)(H,19,21). The third-order valence-electron chi connectivity index (χ3n) is 3.02. The molecule has 1 heterocycles. The minimum Gasteiger partial charge on any atom is -0.466 e. The molecule has 8 heteroatoms. The molecule has 0 aliphatic rings. The Morgan fingerprint density at radius 2 is 1.79 bits per heavy atom. The molecule has 0 bridgehead atoms. The van der Waals surface area contributed by atoms with Crippen molar-refractivity contribution in [3.05, 3.63) is 57.5 Å². The molecule has 2 amide bonds. The Morgan fingerprint density at radius 3 is 2.38 bits per heavy atom. The molecule has 7 nitrogen and oxygen atoms in total. The Balaban J connectivity index is 1.79. The van der Waals surface area contributed by atoms with Gasteiger partial charge in [0.05, 0.1) is 0 Å². The van der Waals surface area contributed by atoms with Crippen LogP contribution in [0, 0.1) is 13.8 Å². The van der Waals surface area contributed by atoms with Crippen LogP contribution in [0.3, 0.4) is 0 Å². The maximum Gasteiger partial charge on any atom is 0.342 e. The quantitative estimate of drug-likeness (QED) is 0.612. The summed E-state index contributed by atoms with van der Waals surface area (Å²) in [7, 11) is 0. The lowest BCUT2D eigenvalue weighted by Gasteiger charge is -2.08. The highest BCUT2D eigenvalue weighted by Gasteiger charge is 2.16. The van der Waals surface area contributed by atoms with Gasteiger partial charge in [0.15, 0.2) is 6.61 Å². The van der Waals surface area contributed by atoms with E-state index in [0.29, 0.717) is 17.1 Å². The number of furan rings is 1. The van der Waals surface area contributed by atoms with Crippen LogP contribution in [0.4, 0.5) is 0 Å². The van der Waals surface area contributed by atoms with Crippen molar-refractivity contribution in [2.45, 2.75) is 13.8 Å². The molecule has 0 atom stereocenters. The summed E-state index contributed by atoms with van der Waals surface area (Å²) in [6.07, 6.45) is 0. The number of halogens is 1. The van der Waals surface area contributed by atoms with Gasteiger partial charge in [-0.05, 0) is 44.2 Å². The topological polar surface area (TPSA) is 97.6 Å². The van der Waals surface area contributed by atoms with Gasteiger partial charge in [0.2, 0.25) is 0 Å². The number of aryl methyl sites for hydroxylation is 2. The van der Waals surface area contributed by atoms with Crippen molar-refractivity contribution in [3.63, 3.8) is 0 Å². The van der Waals surface area contributed by atoms with E-state index >= 15 is 0 Å². The maximum absolute atomic E-state index is 11.8. The van der Waals surface area contributed by atoms with Crippen molar-refractivity contribution in [1.29, 1.82) is 0 Å². The second-order valence-corrected chi connectivity index (χ2v) is 5.83. The Hall–Kier alpha value is -2.61. The third-order valence-corrected chi connectivity index (χ3v) is 3.55. The number of amides is 2. The summed E-state index contributed by atoms with van der Waals surface area (Å²) in [6, 6.07) is 8.12. The molecule has 0 radical (unpaired) electrons. The second kappa shape index (κ2) is 7.78. The Labute approximate surface area is 146 Å². The zero-order valence-electron chi connectivity index (χ0n) is 13.0. The van der Waals surface area contributed by atoms with Crippen LogP contribution in [0.25, 0.3) is 0 Å². The molecule has 0 fully saturated rings. The van der Waals surface area contributed by atoms with Gasteiger partial charge in [-0.2, -0.15) is 0 Å². The number of carbonyl (C=O) groups excluding carboxylic acids is 3. The van der Waals surface area contributed by atoms with Crippen molar-refractivity contribution in [2.75, 3.05) is 6.61 Å². The lowest BCUT2D eigenvalue weighted by Crippen LogP contribution is -2.43. The highest BCUT2D eigenvalue weighted by atomic mass is 79.9. The minimum absolute atomic E-state index is 0.263. The number of ether oxygens (including phenoxy) is 1. The lowest BCUT2D eigenvalue weighted by atomic mass is 10.2. The van der Waals surface area contributed by atoms with Gasteiger partial charge in [-0.25, -0.2) is 4.79 Å². The van der Waals surface area contributed by atoms with E-state index < -0.39 is 24.4 Å². The number of rotatable bonds is 4. The zero-order chi connectivity index (χ0) is 17.7. The first-order valence-electron chi connectivity index (χ1n) is 6.95. The van der Waals surface area contributed by atoms with Gasteiger partial charge < -0.3 is 9.15 Å². The Kier molecular flexibility index (Phi) is 5.75. The van der Waals surface area contributed by atoms with E-state index in [9.17, 15) is 14.4 Å². The van der Waals surface area contributed by atoms with Crippen molar-refractivity contribution in [3.8, 4) is 0 Å². The molecule has 0 aliphatic heterocycles. The summed E-state index contributed by atoms with van der Waals surface area (Å²) >= 11 is 3.26. The summed E-state index contributed by atoms with van der Waals surface area (Å²) in [6.45, 7) is 2.80. The fourth-order valence-corrected chi connectivity index (χ4v) is 2.14. The summed E-state index contributed by atoms with van der Waals surface area (Å²) < 4.78 is 10.9. The number of nitrogens with one attached hydrogen (secondary N) is 2. The van der Waals surface area contributed by atoms with Crippen LogP contribution in [0.5, 0.6) is 0 Å². The van der Waals surface area contributed by atoms with E-state index in [1.807, 2.05) is 0 Å². The van der Waals surface area contributed by atoms with Gasteiger partial charge in [-0.15, -0.1) is 0 Å². The van der Waals surface area contributed by atoms with Crippen LogP contribution >= 0.6 is 15.9 Å². The predicted molar refractivity (Wildman–Crippen MR) is 88.2 cm³/mol. The van der Waals surface area contributed by atoms with Gasteiger partial charge in [0.1, 0.15) is 17.1 Å². The minimum atomic E-state index is -0.668. The molecule has 0 unspecified atom stereocenters. The van der Waals surface area contributed by atoms with Gasteiger partial charge >= 0.3 is 5.97 Å². The lowest BCUT2D eigenvalue weighted by molar-refractivity contribution is -0.125. The first-order valence-corrected chi connectivity index (χ1v) is 7.75. The molecular weight excluding hydrogens is 380 g/mol. The smallest absolute Gasteiger partial charge is 0.342 e. The molecular formula is C16H15BrN2O5. The first-order chi connectivity index (χ1) is 11.4. The molecule has 126 valence electrons. The van der Waals surface area contributed by atoms with Gasteiger partial charge in [-0.3, -0.25) is 20.4 Å². The SMILES string of the molecule is Cc1cc(C(=O)OCC(=O)NNC(=O)c2ccc(Br)cc2)c(C)o1. The van der Waals surface area contributed by atoms with Crippen LogP contribution in [0.1, 0.15) is 32.2 Å². The molecule has 24 heavy (non-hydrogen) atoms. The molecule has 0 aliphatic carbocycles. The van der Waals surface area contributed by atoms with E-state index in [-0.39, 0.29) is 5.56 Å². The number of esters is 1. The van der Waals surface area contributed by atoms with Gasteiger partial charge in [-0.1, -0.05) is 15.9 Å². The third kappa shape index (κ3) is 4.69. The average Bonchev–Trinajstić information content (AvgIpc) is 2.89. The molecule has 2 aromatic rings. The van der Waals surface area contributed by atoms with Crippen LogP contribution in [-0.2, 0) is 9.53 Å². The van der Waals surface area contributed by atoms with Crippen molar-refractivity contribution in [1.82, 2.24) is 10.9 Å². The maximum atomic E-state index is 11.8. The first kappa shape index (κ1) is 17.7. The van der Waals surface area contributed by atoms with Crippen molar-refractivity contribution < 1.29 is 23.5 Å². The summed E-state index contributed by atoms with van der Waals surface area (Å²) in [4.78, 5) is 35.3.